The van der Waals surface area contributed by atoms with Crippen molar-refractivity contribution in [2.24, 2.45) is 23.2 Å². The molecule has 2 N–H and O–H groups in total. The molecule has 2 unspecified atom stereocenters. The van der Waals surface area contributed by atoms with Crippen molar-refractivity contribution in [3.05, 3.63) is 34.6 Å². The zero-order chi connectivity index (χ0) is 26.1. The average Bonchev–Trinajstić information content (AvgIpc) is 3.10. The SMILES string of the molecule is CCC12C[C@@H](C)C[C@H]1C[C@H]2C[C@@H](C)N1[C@@H]2CCC[C@H]1CC(n1c(=O)c(P(=O)(O)O)nc3ccccc31)C2. The molecule has 4 fully saturated rings. The topological polar surface area (TPSA) is 95.7 Å². The molecule has 0 amide bonds. The van der Waals surface area contributed by atoms with Crippen molar-refractivity contribution in [2.75, 3.05) is 0 Å². The smallest absolute Gasteiger partial charge is 0.320 e. The van der Waals surface area contributed by atoms with E-state index in [4.69, 9.17) is 0 Å². The van der Waals surface area contributed by atoms with E-state index in [-0.39, 0.29) is 6.04 Å². The minimum Gasteiger partial charge on any atom is -0.320 e. The first-order valence-electron chi connectivity index (χ1n) is 14.5. The minimum absolute atomic E-state index is 0.0739. The molecule has 6 rings (SSSR count). The van der Waals surface area contributed by atoms with Crippen LogP contribution >= 0.6 is 7.60 Å². The zero-order valence-corrected chi connectivity index (χ0v) is 23.3. The summed E-state index contributed by atoms with van der Waals surface area (Å²) in [5.41, 5.74) is 0.467. The molecule has 1 aromatic heterocycles. The highest BCUT2D eigenvalue weighted by molar-refractivity contribution is 7.59. The van der Waals surface area contributed by atoms with Gasteiger partial charge in [0.25, 0.3) is 5.56 Å². The van der Waals surface area contributed by atoms with Gasteiger partial charge in [-0.25, -0.2) is 4.98 Å². The monoisotopic (exact) mass is 527 g/mol. The van der Waals surface area contributed by atoms with E-state index in [1.807, 2.05) is 12.1 Å². The van der Waals surface area contributed by atoms with Crippen LogP contribution in [0.4, 0.5) is 0 Å². The van der Waals surface area contributed by atoms with E-state index in [9.17, 15) is 19.1 Å². The van der Waals surface area contributed by atoms with E-state index in [1.165, 1.54) is 38.5 Å². The normalized spacial score (nSPS) is 36.8. The molecule has 2 bridgehead atoms. The third-order valence-corrected chi connectivity index (χ3v) is 11.7. The summed E-state index contributed by atoms with van der Waals surface area (Å²) in [6.07, 6.45) is 12.0. The molecule has 0 spiro atoms. The summed E-state index contributed by atoms with van der Waals surface area (Å²) < 4.78 is 13.8. The van der Waals surface area contributed by atoms with Crippen LogP contribution in [-0.4, -0.2) is 42.4 Å². The first kappa shape index (κ1) is 25.7. The molecular weight excluding hydrogens is 485 g/mol. The molecule has 2 aliphatic heterocycles. The Bertz CT molecular complexity index is 1280. The first-order valence-corrected chi connectivity index (χ1v) is 16.1. The van der Waals surface area contributed by atoms with Crippen molar-refractivity contribution in [3.63, 3.8) is 0 Å². The van der Waals surface area contributed by atoms with Gasteiger partial charge in [-0.2, -0.15) is 0 Å². The highest BCUT2D eigenvalue weighted by atomic mass is 31.2. The Morgan fingerprint density at radius 1 is 1.11 bits per heavy atom. The fourth-order valence-corrected chi connectivity index (χ4v) is 10.1. The zero-order valence-electron chi connectivity index (χ0n) is 22.4. The van der Waals surface area contributed by atoms with Crippen LogP contribution in [0.15, 0.2) is 29.1 Å². The lowest BCUT2D eigenvalue weighted by molar-refractivity contribution is -0.0730. The van der Waals surface area contributed by atoms with E-state index in [1.54, 1.807) is 16.7 Å². The van der Waals surface area contributed by atoms with Crippen molar-refractivity contribution in [2.45, 2.75) is 109 Å². The number of para-hydroxylation sites is 2. The first-order chi connectivity index (χ1) is 17.6. The summed E-state index contributed by atoms with van der Waals surface area (Å²) in [6.45, 7) is 7.28. The van der Waals surface area contributed by atoms with Crippen LogP contribution in [0.2, 0.25) is 0 Å². The number of benzene rings is 1. The van der Waals surface area contributed by atoms with E-state index < -0.39 is 18.6 Å². The number of aromatic nitrogens is 2. The molecular formula is C29H42N3O4P. The fraction of sp³-hybridized carbons (Fsp3) is 0.724. The molecule has 37 heavy (non-hydrogen) atoms. The molecule has 2 saturated carbocycles. The summed E-state index contributed by atoms with van der Waals surface area (Å²) in [7, 11) is -4.78. The summed E-state index contributed by atoms with van der Waals surface area (Å²) in [6, 6.07) is 8.52. The van der Waals surface area contributed by atoms with Crippen LogP contribution in [-0.2, 0) is 4.57 Å². The predicted molar refractivity (Wildman–Crippen MR) is 146 cm³/mol. The van der Waals surface area contributed by atoms with Gasteiger partial charge in [0.2, 0.25) is 5.44 Å². The Morgan fingerprint density at radius 3 is 2.46 bits per heavy atom. The van der Waals surface area contributed by atoms with E-state index in [0.29, 0.717) is 34.6 Å². The second-order valence-corrected chi connectivity index (χ2v) is 14.3. The molecule has 2 aromatic rings. The molecule has 0 radical (unpaired) electrons. The second-order valence-electron chi connectivity index (χ2n) is 12.8. The Hall–Kier alpha value is -1.53. The average molecular weight is 528 g/mol. The number of hydrogen-bond donors (Lipinski definition) is 2. The Labute approximate surface area is 219 Å². The Balaban J connectivity index is 1.28. The molecule has 4 aliphatic rings. The quantitative estimate of drug-likeness (QED) is 0.514. The molecule has 8 heteroatoms. The minimum atomic E-state index is -4.78. The lowest BCUT2D eigenvalue weighted by atomic mass is 9.51. The van der Waals surface area contributed by atoms with Gasteiger partial charge in [0.15, 0.2) is 0 Å². The molecule has 7 nitrogen and oxygen atoms in total. The lowest BCUT2D eigenvalue weighted by Gasteiger charge is -2.57. The largest absolute Gasteiger partial charge is 0.380 e. The van der Waals surface area contributed by atoms with Crippen LogP contribution in [0.5, 0.6) is 0 Å². The van der Waals surface area contributed by atoms with Crippen molar-refractivity contribution in [1.29, 1.82) is 0 Å². The van der Waals surface area contributed by atoms with E-state index in [2.05, 4.69) is 30.7 Å². The maximum Gasteiger partial charge on any atom is 0.380 e. The standard InChI is InChI=1S/C29H42N3O4P/c1-4-29-17-18(2)12-20(29)14-21(29)13-19(3)31-22-8-7-9-23(31)16-24(15-22)32-26-11-6-5-10-25(26)30-27(28(32)33)37(34,35)36/h5-6,10-11,18-24H,4,7-9,12-17H2,1-3H3,(H2,34,35,36)/t18-,19+,20-,21+,22-,23+,24?,29?/m0/s1. The fourth-order valence-electron chi connectivity index (χ4n) is 9.47. The van der Waals surface area contributed by atoms with Gasteiger partial charge in [-0.3, -0.25) is 14.3 Å². The molecule has 2 saturated heterocycles. The number of fused-ring (bicyclic) bond motifs is 4. The van der Waals surface area contributed by atoms with Crippen LogP contribution in [0.3, 0.4) is 0 Å². The van der Waals surface area contributed by atoms with Gasteiger partial charge < -0.3 is 14.4 Å². The van der Waals surface area contributed by atoms with Gasteiger partial charge in [-0.05, 0) is 100 Å². The maximum atomic E-state index is 13.5. The van der Waals surface area contributed by atoms with Gasteiger partial charge in [-0.15, -0.1) is 0 Å². The number of piperidine rings is 2. The molecule has 202 valence electrons. The Morgan fingerprint density at radius 2 is 1.81 bits per heavy atom. The van der Waals surface area contributed by atoms with Crippen molar-refractivity contribution in [1.82, 2.24) is 14.5 Å². The predicted octanol–water partition coefficient (Wildman–Crippen LogP) is 5.00. The van der Waals surface area contributed by atoms with E-state index in [0.717, 1.165) is 43.4 Å². The third kappa shape index (κ3) is 4.16. The van der Waals surface area contributed by atoms with Gasteiger partial charge in [0.05, 0.1) is 11.0 Å². The summed E-state index contributed by atoms with van der Waals surface area (Å²) >= 11 is 0. The maximum absolute atomic E-state index is 13.5. The van der Waals surface area contributed by atoms with E-state index >= 15 is 0 Å². The second kappa shape index (κ2) is 9.29. The summed E-state index contributed by atoms with van der Waals surface area (Å²) in [5.74, 6) is 2.63. The van der Waals surface area contributed by atoms with Crippen LogP contribution in [0.25, 0.3) is 11.0 Å². The number of rotatable bonds is 6. The number of nitrogens with zero attached hydrogens (tertiary/aromatic N) is 3. The number of hydrogen-bond acceptors (Lipinski definition) is 4. The van der Waals surface area contributed by atoms with Crippen LogP contribution < -0.4 is 11.0 Å². The van der Waals surface area contributed by atoms with Crippen molar-refractivity contribution >= 4 is 24.1 Å². The molecule has 2 aliphatic carbocycles. The van der Waals surface area contributed by atoms with Gasteiger partial charge in [-0.1, -0.05) is 32.4 Å². The van der Waals surface area contributed by atoms with Gasteiger partial charge >= 0.3 is 7.60 Å². The van der Waals surface area contributed by atoms with Crippen molar-refractivity contribution in [3.8, 4) is 0 Å². The summed E-state index contributed by atoms with van der Waals surface area (Å²) in [4.78, 5) is 40.1. The van der Waals surface area contributed by atoms with Crippen LogP contribution in [0, 0.1) is 23.2 Å². The lowest BCUT2D eigenvalue weighted by Crippen LogP contribution is -2.58. The molecule has 8 atom stereocenters. The molecule has 3 heterocycles. The van der Waals surface area contributed by atoms with Crippen LogP contribution in [0.1, 0.15) is 91.0 Å². The highest BCUT2D eigenvalue weighted by Gasteiger charge is 2.58. The van der Waals surface area contributed by atoms with Crippen molar-refractivity contribution < 1.29 is 14.4 Å². The van der Waals surface area contributed by atoms with Gasteiger partial charge in [0, 0.05) is 24.2 Å². The van der Waals surface area contributed by atoms with Gasteiger partial charge in [0.1, 0.15) is 0 Å². The third-order valence-electron chi connectivity index (χ3n) is 10.8. The Kier molecular flexibility index (Phi) is 6.46. The summed E-state index contributed by atoms with van der Waals surface area (Å²) in [5, 5.41) is 0. The molecule has 1 aromatic carbocycles. The highest BCUT2D eigenvalue weighted by Crippen LogP contribution is 2.66.